The van der Waals surface area contributed by atoms with Crippen LogP contribution in [-0.4, -0.2) is 37.2 Å². The van der Waals surface area contributed by atoms with Gasteiger partial charge in [0.1, 0.15) is 6.04 Å². The largest absolute Gasteiger partial charge is 0.338 e. The van der Waals surface area contributed by atoms with Crippen LogP contribution in [0.25, 0.3) is 0 Å². The lowest BCUT2D eigenvalue weighted by Gasteiger charge is -2.30. The van der Waals surface area contributed by atoms with E-state index in [4.69, 9.17) is 12.2 Å². The highest BCUT2D eigenvalue weighted by Gasteiger charge is 2.24. The number of aryl methyl sites for hydroxylation is 2. The second-order valence-electron chi connectivity index (χ2n) is 6.84. The van der Waals surface area contributed by atoms with Gasteiger partial charge >= 0.3 is 0 Å². The number of benzene rings is 1. The number of nitrogens with one attached hydrogen (secondary N) is 3. The van der Waals surface area contributed by atoms with Crippen LogP contribution in [0.1, 0.15) is 29.8 Å². The molecule has 5 heteroatoms. The van der Waals surface area contributed by atoms with Crippen LogP contribution in [0.4, 0.5) is 5.69 Å². The van der Waals surface area contributed by atoms with Crippen molar-refractivity contribution in [2.24, 2.45) is 0 Å². The number of aromatic nitrogens is 1. The first-order chi connectivity index (χ1) is 11.9. The third kappa shape index (κ3) is 5.25. The van der Waals surface area contributed by atoms with Crippen molar-refractivity contribution in [1.82, 2.24) is 4.90 Å². The van der Waals surface area contributed by atoms with Crippen LogP contribution < -0.4 is 15.2 Å². The number of nitrogens with zero attached hydrogens (tertiary/aromatic N) is 1. The number of thiocarbonyl (C=S) groups is 1. The van der Waals surface area contributed by atoms with Gasteiger partial charge in [0.25, 0.3) is 0 Å². The Hall–Kier alpha value is -1.98. The van der Waals surface area contributed by atoms with Gasteiger partial charge in [0.05, 0.1) is 27.2 Å². The number of anilines is 1. The number of likely N-dealkylation sites (N-methyl/N-ethyl adjacent to an activating group) is 1. The highest BCUT2D eigenvalue weighted by molar-refractivity contribution is 7.80. The molecule has 3 N–H and O–H groups in total. The number of quaternary nitrogens is 1. The molecule has 0 spiro atoms. The van der Waals surface area contributed by atoms with Gasteiger partial charge in [-0.1, -0.05) is 24.3 Å². The normalized spacial score (nSPS) is 12.1. The second-order valence-corrected chi connectivity index (χ2v) is 7.23. The van der Waals surface area contributed by atoms with Gasteiger partial charge in [-0.2, -0.15) is 0 Å². The molecule has 0 fully saturated rings. The average Bonchev–Trinajstić information content (AvgIpc) is 2.59. The minimum atomic E-state index is 0.171. The van der Waals surface area contributed by atoms with Crippen LogP contribution in [0.2, 0.25) is 0 Å². The number of rotatable bonds is 6. The summed E-state index contributed by atoms with van der Waals surface area (Å²) in [6.45, 7) is 8.32. The Balaban J connectivity index is 2.23. The fourth-order valence-corrected chi connectivity index (χ4v) is 3.19. The van der Waals surface area contributed by atoms with Gasteiger partial charge in [-0.25, -0.2) is 4.98 Å². The van der Waals surface area contributed by atoms with Crippen LogP contribution in [0, 0.1) is 13.8 Å². The highest BCUT2D eigenvalue weighted by atomic mass is 32.1. The number of hydrogen-bond donors (Lipinski definition) is 2. The van der Waals surface area contributed by atoms with E-state index in [9.17, 15) is 0 Å². The fraction of sp³-hybridized carbons (Fsp3) is 0.400. The second kappa shape index (κ2) is 8.92. The zero-order valence-electron chi connectivity index (χ0n) is 15.9. The van der Waals surface area contributed by atoms with E-state index in [1.54, 1.807) is 0 Å². The van der Waals surface area contributed by atoms with Gasteiger partial charge in [-0.05, 0) is 44.1 Å². The minimum Gasteiger partial charge on any atom is -0.338 e. The first kappa shape index (κ1) is 19.3. The molecule has 25 heavy (non-hydrogen) atoms. The van der Waals surface area contributed by atoms with Crippen molar-refractivity contribution >= 4 is 23.0 Å². The van der Waals surface area contributed by atoms with Gasteiger partial charge < -0.3 is 15.1 Å². The van der Waals surface area contributed by atoms with Gasteiger partial charge in [-0.3, -0.25) is 0 Å². The van der Waals surface area contributed by atoms with E-state index in [1.165, 1.54) is 16.0 Å². The van der Waals surface area contributed by atoms with E-state index >= 15 is 0 Å². The lowest BCUT2D eigenvalue weighted by atomic mass is 10.1. The van der Waals surface area contributed by atoms with Crippen molar-refractivity contribution in [3.05, 3.63) is 59.4 Å². The van der Waals surface area contributed by atoms with E-state index in [-0.39, 0.29) is 6.04 Å². The Labute approximate surface area is 156 Å². The lowest BCUT2D eigenvalue weighted by Crippen LogP contribution is -3.06. The SMILES string of the molecule is Cc1cccc(C)c1NC(=S)N(CC[NH+](C)C)C(C)c1cccc[nH+]1. The molecule has 1 aromatic carbocycles. The van der Waals surface area contributed by atoms with Crippen molar-refractivity contribution in [3.8, 4) is 0 Å². The van der Waals surface area contributed by atoms with Gasteiger partial charge in [0.2, 0.25) is 5.69 Å². The summed E-state index contributed by atoms with van der Waals surface area (Å²) in [5.74, 6) is 0. The molecule has 1 unspecified atom stereocenters. The molecule has 1 aromatic heterocycles. The van der Waals surface area contributed by atoms with Crippen molar-refractivity contribution < 1.29 is 9.88 Å². The molecule has 2 aromatic rings. The third-order valence-corrected chi connectivity index (χ3v) is 4.81. The molecular formula is C20H30N4S+2. The summed E-state index contributed by atoms with van der Waals surface area (Å²) in [7, 11) is 4.33. The molecule has 0 saturated carbocycles. The van der Waals surface area contributed by atoms with E-state index in [2.05, 4.69) is 80.4 Å². The number of hydrogen-bond acceptors (Lipinski definition) is 1. The van der Waals surface area contributed by atoms with Crippen molar-refractivity contribution in [1.29, 1.82) is 0 Å². The van der Waals surface area contributed by atoms with Gasteiger partial charge in [0.15, 0.2) is 11.3 Å². The number of H-pyrrole nitrogens is 1. The summed E-state index contributed by atoms with van der Waals surface area (Å²) in [5, 5.41) is 4.25. The molecule has 0 aliphatic rings. The standard InChI is InChI=1S/C20H28N4S/c1-15-9-8-10-16(2)19(15)22-20(25)24(14-13-23(4)5)17(3)18-11-6-7-12-21-18/h6-12,17H,13-14H2,1-5H3,(H,22,25)/p+2. The number of pyridine rings is 1. The molecule has 2 rings (SSSR count). The molecule has 0 amide bonds. The lowest BCUT2D eigenvalue weighted by molar-refractivity contribution is -0.857. The van der Waals surface area contributed by atoms with Crippen molar-refractivity contribution in [3.63, 3.8) is 0 Å². The summed E-state index contributed by atoms with van der Waals surface area (Å²) in [6.07, 6.45) is 1.96. The van der Waals surface area contributed by atoms with Crippen LogP contribution in [-0.2, 0) is 0 Å². The topological polar surface area (TPSA) is 33.9 Å². The molecule has 0 saturated heterocycles. The van der Waals surface area contributed by atoms with Crippen molar-refractivity contribution in [2.45, 2.75) is 26.8 Å². The molecular weight excluding hydrogens is 328 g/mol. The van der Waals surface area contributed by atoms with E-state index in [0.29, 0.717) is 0 Å². The first-order valence-corrected chi connectivity index (χ1v) is 9.20. The molecule has 134 valence electrons. The maximum Gasteiger partial charge on any atom is 0.202 e. The van der Waals surface area contributed by atoms with Gasteiger partial charge in [-0.15, -0.1) is 0 Å². The molecule has 4 nitrogen and oxygen atoms in total. The molecule has 0 radical (unpaired) electrons. The van der Waals surface area contributed by atoms with E-state index < -0.39 is 0 Å². The molecule has 0 aliphatic carbocycles. The molecule has 1 atom stereocenters. The summed E-state index contributed by atoms with van der Waals surface area (Å²) in [5.41, 5.74) is 4.68. The highest BCUT2D eigenvalue weighted by Crippen LogP contribution is 2.22. The minimum absolute atomic E-state index is 0.171. The molecule has 0 aliphatic heterocycles. The Bertz CT molecular complexity index is 680. The van der Waals surface area contributed by atoms with Crippen LogP contribution in [0.5, 0.6) is 0 Å². The number of para-hydroxylation sites is 1. The third-order valence-electron chi connectivity index (χ3n) is 4.48. The molecule has 1 heterocycles. The molecule has 0 bridgehead atoms. The van der Waals surface area contributed by atoms with Crippen LogP contribution >= 0.6 is 12.2 Å². The average molecular weight is 359 g/mol. The predicted molar refractivity (Wildman–Crippen MR) is 108 cm³/mol. The fourth-order valence-electron chi connectivity index (χ4n) is 2.84. The first-order valence-electron chi connectivity index (χ1n) is 8.79. The Morgan fingerprint density at radius 2 is 1.84 bits per heavy atom. The monoisotopic (exact) mass is 358 g/mol. The van der Waals surface area contributed by atoms with Crippen molar-refractivity contribution in [2.75, 3.05) is 32.5 Å². The summed E-state index contributed by atoms with van der Waals surface area (Å²) < 4.78 is 0. The quantitative estimate of drug-likeness (QED) is 0.776. The Morgan fingerprint density at radius 1 is 1.16 bits per heavy atom. The summed E-state index contributed by atoms with van der Waals surface area (Å²) in [4.78, 5) is 7.01. The van der Waals surface area contributed by atoms with E-state index in [0.717, 1.165) is 29.6 Å². The zero-order chi connectivity index (χ0) is 18.4. The predicted octanol–water partition coefficient (Wildman–Crippen LogP) is 2.02. The van der Waals surface area contributed by atoms with Crippen LogP contribution in [0.15, 0.2) is 42.6 Å². The Kier molecular flexibility index (Phi) is 6.91. The Morgan fingerprint density at radius 3 is 2.40 bits per heavy atom. The van der Waals surface area contributed by atoms with Crippen LogP contribution in [0.3, 0.4) is 0 Å². The summed E-state index contributed by atoms with van der Waals surface area (Å²) in [6, 6.07) is 12.6. The van der Waals surface area contributed by atoms with E-state index in [1.807, 2.05) is 12.3 Å². The summed E-state index contributed by atoms with van der Waals surface area (Å²) >= 11 is 5.80. The number of aromatic amines is 1. The maximum absolute atomic E-state index is 5.80. The van der Waals surface area contributed by atoms with Gasteiger partial charge in [0, 0.05) is 17.8 Å². The zero-order valence-corrected chi connectivity index (χ0v) is 16.7. The maximum atomic E-state index is 5.80. The smallest absolute Gasteiger partial charge is 0.202 e.